The number of anilines is 1. The summed E-state index contributed by atoms with van der Waals surface area (Å²) < 4.78 is 5.92. The largest absolute Gasteiger partial charge is 0.489 e. The van der Waals surface area contributed by atoms with E-state index in [2.05, 4.69) is 24.4 Å². The Bertz CT molecular complexity index is 698. The van der Waals surface area contributed by atoms with Crippen LogP contribution in [0.5, 0.6) is 5.75 Å². The van der Waals surface area contributed by atoms with Gasteiger partial charge in [0.1, 0.15) is 12.4 Å². The van der Waals surface area contributed by atoms with Gasteiger partial charge < -0.3 is 10.1 Å². The molecule has 0 aliphatic carbocycles. The molecule has 1 N–H and O–H groups in total. The molecule has 1 amide bonds. The summed E-state index contributed by atoms with van der Waals surface area (Å²) in [4.78, 5) is 11.6. The molecular weight excluding hydrogens is 310 g/mol. The van der Waals surface area contributed by atoms with E-state index in [1.54, 1.807) is 6.07 Å². The van der Waals surface area contributed by atoms with Gasteiger partial charge in [0.25, 0.3) is 0 Å². The Morgan fingerprint density at radius 2 is 1.96 bits per heavy atom. The molecule has 0 bridgehead atoms. The Morgan fingerprint density at radius 3 is 2.61 bits per heavy atom. The molecule has 0 aliphatic rings. The van der Waals surface area contributed by atoms with Crippen molar-refractivity contribution in [2.75, 3.05) is 5.32 Å². The van der Waals surface area contributed by atoms with E-state index in [1.807, 2.05) is 32.0 Å². The molecule has 2 aromatic carbocycles. The van der Waals surface area contributed by atoms with Gasteiger partial charge in [0.2, 0.25) is 5.91 Å². The van der Waals surface area contributed by atoms with Gasteiger partial charge in [0.15, 0.2) is 0 Å². The summed E-state index contributed by atoms with van der Waals surface area (Å²) in [6.07, 6.45) is 1.43. The third kappa shape index (κ3) is 4.73. The van der Waals surface area contributed by atoms with Crippen molar-refractivity contribution in [3.05, 3.63) is 58.1 Å². The van der Waals surface area contributed by atoms with E-state index in [1.165, 1.54) is 5.56 Å². The molecule has 0 saturated heterocycles. The Morgan fingerprint density at radius 1 is 1.17 bits per heavy atom. The number of aryl methyl sites for hydroxylation is 2. The summed E-state index contributed by atoms with van der Waals surface area (Å²) in [6.45, 7) is 6.34. The average molecular weight is 332 g/mol. The Balaban J connectivity index is 2.16. The van der Waals surface area contributed by atoms with Gasteiger partial charge in [-0.1, -0.05) is 37.6 Å². The molecular formula is C19H22ClNO2. The molecule has 23 heavy (non-hydrogen) atoms. The van der Waals surface area contributed by atoms with Crippen molar-refractivity contribution in [2.45, 2.75) is 40.2 Å². The van der Waals surface area contributed by atoms with Crippen molar-refractivity contribution in [1.29, 1.82) is 0 Å². The SMILES string of the molecule is CCC(=O)Nc1ccc(Cl)cc1COc1ccc(CC)cc1C. The van der Waals surface area contributed by atoms with Gasteiger partial charge in [-0.15, -0.1) is 0 Å². The van der Waals surface area contributed by atoms with Crippen molar-refractivity contribution in [1.82, 2.24) is 0 Å². The van der Waals surface area contributed by atoms with Gasteiger partial charge in [-0.25, -0.2) is 0 Å². The molecule has 2 rings (SSSR count). The van der Waals surface area contributed by atoms with Crippen LogP contribution in [0.1, 0.15) is 37.0 Å². The number of halogens is 1. The number of carbonyl (C=O) groups is 1. The number of hydrogen-bond acceptors (Lipinski definition) is 2. The quantitative estimate of drug-likeness (QED) is 0.796. The van der Waals surface area contributed by atoms with Crippen LogP contribution in [-0.2, 0) is 17.8 Å². The van der Waals surface area contributed by atoms with Gasteiger partial charge in [-0.2, -0.15) is 0 Å². The number of hydrogen-bond donors (Lipinski definition) is 1. The van der Waals surface area contributed by atoms with E-state index in [4.69, 9.17) is 16.3 Å². The van der Waals surface area contributed by atoms with Crippen LogP contribution in [-0.4, -0.2) is 5.91 Å². The van der Waals surface area contributed by atoms with Gasteiger partial charge in [-0.05, 0) is 48.7 Å². The second-order valence-corrected chi connectivity index (χ2v) is 5.88. The maximum Gasteiger partial charge on any atom is 0.224 e. The van der Waals surface area contributed by atoms with Gasteiger partial charge in [0.05, 0.1) is 0 Å². The van der Waals surface area contributed by atoms with Crippen LogP contribution in [0, 0.1) is 6.92 Å². The third-order valence-electron chi connectivity index (χ3n) is 3.69. The minimum Gasteiger partial charge on any atom is -0.489 e. The Hall–Kier alpha value is -2.00. The maximum atomic E-state index is 11.6. The summed E-state index contributed by atoms with van der Waals surface area (Å²) in [6, 6.07) is 11.6. The fraction of sp³-hybridized carbons (Fsp3) is 0.316. The highest BCUT2D eigenvalue weighted by atomic mass is 35.5. The molecule has 4 heteroatoms. The molecule has 0 atom stereocenters. The first-order valence-corrected chi connectivity index (χ1v) is 8.21. The van der Waals surface area contributed by atoms with E-state index in [0.29, 0.717) is 18.1 Å². The van der Waals surface area contributed by atoms with E-state index >= 15 is 0 Å². The number of nitrogens with one attached hydrogen (secondary N) is 1. The average Bonchev–Trinajstić information content (AvgIpc) is 2.55. The lowest BCUT2D eigenvalue weighted by Gasteiger charge is -2.14. The Kier molecular flexibility index (Phi) is 6.05. The highest BCUT2D eigenvalue weighted by Gasteiger charge is 2.08. The standard InChI is InChI=1S/C19H22ClNO2/c1-4-14-6-9-18(13(3)10-14)23-12-15-11-16(20)7-8-17(15)21-19(22)5-2/h6-11H,4-5,12H2,1-3H3,(H,21,22). The molecule has 0 aromatic heterocycles. The smallest absolute Gasteiger partial charge is 0.224 e. The van der Waals surface area contributed by atoms with Crippen molar-refractivity contribution >= 4 is 23.2 Å². The van der Waals surface area contributed by atoms with Crippen molar-refractivity contribution in [2.24, 2.45) is 0 Å². The normalized spacial score (nSPS) is 10.4. The van der Waals surface area contributed by atoms with E-state index < -0.39 is 0 Å². The Labute approximate surface area is 142 Å². The first-order valence-electron chi connectivity index (χ1n) is 7.84. The van der Waals surface area contributed by atoms with Crippen LogP contribution in [0.3, 0.4) is 0 Å². The molecule has 0 spiro atoms. The number of amides is 1. The van der Waals surface area contributed by atoms with Crippen LogP contribution in [0.15, 0.2) is 36.4 Å². The number of benzene rings is 2. The van der Waals surface area contributed by atoms with Crippen LogP contribution in [0.25, 0.3) is 0 Å². The van der Waals surface area contributed by atoms with Crippen LogP contribution < -0.4 is 10.1 Å². The van der Waals surface area contributed by atoms with E-state index in [9.17, 15) is 4.79 Å². The molecule has 0 radical (unpaired) electrons. The topological polar surface area (TPSA) is 38.3 Å². The van der Waals surface area contributed by atoms with E-state index in [-0.39, 0.29) is 5.91 Å². The predicted octanol–water partition coefficient (Wildman–Crippen LogP) is 5.14. The number of carbonyl (C=O) groups excluding carboxylic acids is 1. The molecule has 0 saturated carbocycles. The fourth-order valence-corrected chi connectivity index (χ4v) is 2.49. The van der Waals surface area contributed by atoms with Crippen LogP contribution in [0.2, 0.25) is 5.02 Å². The van der Waals surface area contributed by atoms with Crippen LogP contribution in [0.4, 0.5) is 5.69 Å². The second-order valence-electron chi connectivity index (χ2n) is 5.45. The van der Waals surface area contributed by atoms with Gasteiger partial charge in [-0.3, -0.25) is 4.79 Å². The van der Waals surface area contributed by atoms with Crippen molar-refractivity contribution in [3.63, 3.8) is 0 Å². The number of ether oxygens (including phenoxy) is 1. The minimum absolute atomic E-state index is 0.0305. The third-order valence-corrected chi connectivity index (χ3v) is 3.93. The summed E-state index contributed by atoms with van der Waals surface area (Å²) in [5.41, 5.74) is 3.99. The van der Waals surface area contributed by atoms with Crippen molar-refractivity contribution in [3.8, 4) is 5.75 Å². The molecule has 2 aromatic rings. The monoisotopic (exact) mass is 331 g/mol. The molecule has 0 heterocycles. The zero-order valence-corrected chi connectivity index (χ0v) is 14.5. The lowest BCUT2D eigenvalue weighted by atomic mass is 10.1. The number of rotatable bonds is 6. The molecule has 0 fully saturated rings. The molecule has 0 aliphatic heterocycles. The fourth-order valence-electron chi connectivity index (χ4n) is 2.29. The lowest BCUT2D eigenvalue weighted by molar-refractivity contribution is -0.115. The van der Waals surface area contributed by atoms with Crippen molar-refractivity contribution < 1.29 is 9.53 Å². The van der Waals surface area contributed by atoms with Crippen LogP contribution >= 0.6 is 11.6 Å². The first kappa shape index (κ1) is 17.4. The summed E-state index contributed by atoms with van der Waals surface area (Å²) in [5, 5.41) is 3.50. The zero-order valence-electron chi connectivity index (χ0n) is 13.8. The summed E-state index contributed by atoms with van der Waals surface area (Å²) >= 11 is 6.07. The van der Waals surface area contributed by atoms with Gasteiger partial charge in [0, 0.05) is 22.7 Å². The maximum absolute atomic E-state index is 11.6. The lowest BCUT2D eigenvalue weighted by Crippen LogP contribution is -2.12. The van der Waals surface area contributed by atoms with E-state index in [0.717, 1.165) is 29.0 Å². The van der Waals surface area contributed by atoms with Gasteiger partial charge >= 0.3 is 0 Å². The molecule has 0 unspecified atom stereocenters. The summed E-state index contributed by atoms with van der Waals surface area (Å²) in [7, 11) is 0. The molecule has 3 nitrogen and oxygen atoms in total. The highest BCUT2D eigenvalue weighted by Crippen LogP contribution is 2.25. The molecule has 122 valence electrons. The second kappa shape index (κ2) is 8.02. The highest BCUT2D eigenvalue weighted by molar-refractivity contribution is 6.30. The zero-order chi connectivity index (χ0) is 16.8. The summed E-state index contributed by atoms with van der Waals surface area (Å²) in [5.74, 6) is 0.812. The first-order chi connectivity index (χ1) is 11.0. The minimum atomic E-state index is -0.0305. The predicted molar refractivity (Wildman–Crippen MR) is 95.3 cm³/mol.